The van der Waals surface area contributed by atoms with Gasteiger partial charge in [0.2, 0.25) is 0 Å². The molecule has 0 aliphatic heterocycles. The quantitative estimate of drug-likeness (QED) is 0.576. The molecule has 0 aromatic rings. The fourth-order valence-electron chi connectivity index (χ4n) is 0.827. The van der Waals surface area contributed by atoms with Gasteiger partial charge in [-0.1, -0.05) is 13.8 Å². The van der Waals surface area contributed by atoms with Crippen molar-refractivity contribution in [3.8, 4) is 0 Å². The average Bonchev–Trinajstić information content (AvgIpc) is 1.90. The molecule has 0 radical (unpaired) electrons. The SMILES string of the molecule is CCN(CC)[C@H](O)C(C)=O. The van der Waals surface area contributed by atoms with Gasteiger partial charge in [-0.25, -0.2) is 0 Å². The maximum Gasteiger partial charge on any atom is 0.173 e. The normalized spacial score (nSPS) is 13.7. The van der Waals surface area contributed by atoms with Gasteiger partial charge in [0.25, 0.3) is 0 Å². The lowest BCUT2D eigenvalue weighted by Crippen LogP contribution is -2.39. The molecule has 0 rings (SSSR count). The molecule has 3 heteroatoms. The molecule has 0 heterocycles. The lowest BCUT2D eigenvalue weighted by molar-refractivity contribution is -0.134. The van der Waals surface area contributed by atoms with Crippen molar-refractivity contribution in [1.29, 1.82) is 0 Å². The van der Waals surface area contributed by atoms with Crippen LogP contribution in [0.2, 0.25) is 0 Å². The molecule has 60 valence electrons. The van der Waals surface area contributed by atoms with Crippen molar-refractivity contribution in [3.63, 3.8) is 0 Å². The fourth-order valence-corrected chi connectivity index (χ4v) is 0.827. The lowest BCUT2D eigenvalue weighted by atomic mass is 10.3. The molecule has 0 fully saturated rings. The molecule has 0 aliphatic rings. The number of carbonyl (C=O) groups is 1. The molecule has 0 amide bonds. The van der Waals surface area contributed by atoms with E-state index in [4.69, 9.17) is 5.11 Å². The Kier molecular flexibility index (Phi) is 4.23. The minimum absolute atomic E-state index is 0.191. The number of Topliss-reactive ketones (excluding diaryl/α,β-unsaturated/α-hetero) is 1. The van der Waals surface area contributed by atoms with Gasteiger partial charge < -0.3 is 5.11 Å². The Morgan fingerprint density at radius 1 is 1.50 bits per heavy atom. The van der Waals surface area contributed by atoms with Crippen molar-refractivity contribution >= 4 is 5.78 Å². The Balaban J connectivity index is 3.88. The summed E-state index contributed by atoms with van der Waals surface area (Å²) in [6.45, 7) is 6.63. The summed E-state index contributed by atoms with van der Waals surface area (Å²) in [4.78, 5) is 12.3. The number of carbonyl (C=O) groups excluding carboxylic acids is 1. The first-order valence-corrected chi connectivity index (χ1v) is 3.56. The molecule has 10 heavy (non-hydrogen) atoms. The van der Waals surface area contributed by atoms with Gasteiger partial charge in [0.05, 0.1) is 0 Å². The van der Waals surface area contributed by atoms with Crippen LogP contribution in [0.25, 0.3) is 0 Å². The van der Waals surface area contributed by atoms with E-state index in [0.29, 0.717) is 13.1 Å². The van der Waals surface area contributed by atoms with Gasteiger partial charge in [-0.3, -0.25) is 9.69 Å². The Bertz CT molecular complexity index is 110. The number of likely N-dealkylation sites (N-methyl/N-ethyl adjacent to an activating group) is 1. The third kappa shape index (κ3) is 2.45. The summed E-state index contributed by atoms with van der Waals surface area (Å²) in [6.07, 6.45) is -0.907. The zero-order valence-corrected chi connectivity index (χ0v) is 6.79. The molecule has 0 aliphatic carbocycles. The van der Waals surface area contributed by atoms with Crippen LogP contribution in [0, 0.1) is 0 Å². The number of aliphatic hydroxyl groups excluding tert-OH is 1. The summed E-state index contributed by atoms with van der Waals surface area (Å²) in [5.74, 6) is -0.191. The highest BCUT2D eigenvalue weighted by Crippen LogP contribution is 1.95. The van der Waals surface area contributed by atoms with E-state index in [9.17, 15) is 4.79 Å². The van der Waals surface area contributed by atoms with Crippen molar-refractivity contribution in [2.45, 2.75) is 27.0 Å². The highest BCUT2D eigenvalue weighted by molar-refractivity contribution is 5.79. The largest absolute Gasteiger partial charge is 0.371 e. The van der Waals surface area contributed by atoms with Crippen LogP contribution in [0.5, 0.6) is 0 Å². The van der Waals surface area contributed by atoms with Crippen molar-refractivity contribution in [1.82, 2.24) is 4.90 Å². The van der Waals surface area contributed by atoms with Crippen LogP contribution in [0.3, 0.4) is 0 Å². The second-order valence-electron chi connectivity index (χ2n) is 2.21. The molecule has 1 N–H and O–H groups in total. The summed E-state index contributed by atoms with van der Waals surface area (Å²) in [5.41, 5.74) is 0. The molecule has 0 aromatic heterocycles. The van der Waals surface area contributed by atoms with Crippen molar-refractivity contribution < 1.29 is 9.90 Å². The number of hydrogen-bond acceptors (Lipinski definition) is 3. The second-order valence-corrected chi connectivity index (χ2v) is 2.21. The van der Waals surface area contributed by atoms with Crippen LogP contribution >= 0.6 is 0 Å². The standard InChI is InChI=1S/C7H15NO2/c1-4-8(5-2)7(10)6(3)9/h7,10H,4-5H2,1-3H3/t7-/m1/s1. The highest BCUT2D eigenvalue weighted by Gasteiger charge is 2.15. The molecule has 0 saturated carbocycles. The minimum atomic E-state index is -0.907. The van der Waals surface area contributed by atoms with Crippen LogP contribution in [0.15, 0.2) is 0 Å². The van der Waals surface area contributed by atoms with E-state index in [0.717, 1.165) is 0 Å². The summed E-state index contributed by atoms with van der Waals surface area (Å²) < 4.78 is 0. The number of nitrogens with zero attached hydrogens (tertiary/aromatic N) is 1. The monoisotopic (exact) mass is 145 g/mol. The Morgan fingerprint density at radius 2 is 1.90 bits per heavy atom. The number of aliphatic hydroxyl groups is 1. The molecule has 0 unspecified atom stereocenters. The van der Waals surface area contributed by atoms with Crippen molar-refractivity contribution in [3.05, 3.63) is 0 Å². The maximum atomic E-state index is 10.6. The minimum Gasteiger partial charge on any atom is -0.371 e. The van der Waals surface area contributed by atoms with Gasteiger partial charge in [0.15, 0.2) is 12.0 Å². The topological polar surface area (TPSA) is 40.5 Å². The van der Waals surface area contributed by atoms with Gasteiger partial charge in [-0.05, 0) is 20.0 Å². The smallest absolute Gasteiger partial charge is 0.173 e. The van der Waals surface area contributed by atoms with Crippen LogP contribution in [-0.4, -0.2) is 35.1 Å². The van der Waals surface area contributed by atoms with E-state index < -0.39 is 6.23 Å². The zero-order valence-electron chi connectivity index (χ0n) is 6.79. The number of rotatable bonds is 4. The van der Waals surface area contributed by atoms with Crippen LogP contribution in [-0.2, 0) is 4.79 Å². The molecular weight excluding hydrogens is 130 g/mol. The van der Waals surface area contributed by atoms with Gasteiger partial charge in [0, 0.05) is 0 Å². The number of hydrogen-bond donors (Lipinski definition) is 1. The van der Waals surface area contributed by atoms with Gasteiger partial charge in [0.1, 0.15) is 0 Å². The predicted octanol–water partition coefficient (Wildman–Crippen LogP) is 0.236. The summed E-state index contributed by atoms with van der Waals surface area (Å²) in [5, 5.41) is 9.16. The van der Waals surface area contributed by atoms with Gasteiger partial charge in [-0.15, -0.1) is 0 Å². The average molecular weight is 145 g/mol. The second kappa shape index (κ2) is 4.41. The van der Waals surface area contributed by atoms with E-state index in [1.165, 1.54) is 6.92 Å². The van der Waals surface area contributed by atoms with Crippen molar-refractivity contribution in [2.75, 3.05) is 13.1 Å². The predicted molar refractivity (Wildman–Crippen MR) is 39.6 cm³/mol. The molecular formula is C7H15NO2. The highest BCUT2D eigenvalue weighted by atomic mass is 16.3. The van der Waals surface area contributed by atoms with E-state index in [1.54, 1.807) is 4.90 Å². The van der Waals surface area contributed by atoms with Crippen LogP contribution in [0.1, 0.15) is 20.8 Å². The van der Waals surface area contributed by atoms with Crippen molar-refractivity contribution in [2.24, 2.45) is 0 Å². The molecule has 0 bridgehead atoms. The third-order valence-corrected chi connectivity index (χ3v) is 1.52. The first-order valence-electron chi connectivity index (χ1n) is 3.56. The molecule has 0 saturated heterocycles. The molecule has 3 nitrogen and oxygen atoms in total. The van der Waals surface area contributed by atoms with Gasteiger partial charge >= 0.3 is 0 Å². The first kappa shape index (κ1) is 9.59. The summed E-state index contributed by atoms with van der Waals surface area (Å²) in [6, 6.07) is 0. The van der Waals surface area contributed by atoms with E-state index in [2.05, 4.69) is 0 Å². The molecule has 0 aromatic carbocycles. The first-order chi connectivity index (χ1) is 4.63. The summed E-state index contributed by atoms with van der Waals surface area (Å²) in [7, 11) is 0. The summed E-state index contributed by atoms with van der Waals surface area (Å²) >= 11 is 0. The van der Waals surface area contributed by atoms with Crippen LogP contribution in [0.4, 0.5) is 0 Å². The Hall–Kier alpha value is -0.410. The molecule has 0 spiro atoms. The number of ketones is 1. The lowest BCUT2D eigenvalue weighted by Gasteiger charge is -2.22. The zero-order chi connectivity index (χ0) is 8.15. The van der Waals surface area contributed by atoms with Gasteiger partial charge in [-0.2, -0.15) is 0 Å². The maximum absolute atomic E-state index is 10.6. The van der Waals surface area contributed by atoms with Crippen LogP contribution < -0.4 is 0 Å². The Labute approximate surface area is 61.6 Å². The van der Waals surface area contributed by atoms with E-state index in [1.807, 2.05) is 13.8 Å². The Morgan fingerprint density at radius 3 is 2.00 bits per heavy atom. The molecule has 1 atom stereocenters. The fraction of sp³-hybridized carbons (Fsp3) is 0.857. The van der Waals surface area contributed by atoms with E-state index >= 15 is 0 Å². The van der Waals surface area contributed by atoms with E-state index in [-0.39, 0.29) is 5.78 Å². The third-order valence-electron chi connectivity index (χ3n) is 1.52.